The molecule has 0 bridgehead atoms. The first-order valence-corrected chi connectivity index (χ1v) is 7.11. The van der Waals surface area contributed by atoms with Crippen molar-refractivity contribution in [3.05, 3.63) is 35.4 Å². The molecule has 0 aliphatic carbocycles. The fraction of sp³-hybridized carbons (Fsp3) is 0.312. The number of aliphatic hydroxyl groups is 1. The van der Waals surface area contributed by atoms with Crippen LogP contribution in [0.25, 0.3) is 0 Å². The van der Waals surface area contributed by atoms with E-state index in [2.05, 4.69) is 22.5 Å². The van der Waals surface area contributed by atoms with Crippen molar-refractivity contribution in [2.24, 2.45) is 5.92 Å². The van der Waals surface area contributed by atoms with Gasteiger partial charge < -0.3 is 15.7 Å². The monoisotopic (exact) mass is 333 g/mol. The molecule has 2 atom stereocenters. The zero-order chi connectivity index (χ0) is 18.1. The number of carbonyl (C=O) groups is 3. The first-order chi connectivity index (χ1) is 11.4. The van der Waals surface area contributed by atoms with Crippen LogP contribution in [0.2, 0.25) is 0 Å². The fourth-order valence-corrected chi connectivity index (χ4v) is 1.63. The number of hydrogen-bond donors (Lipinski definition) is 5. The average Bonchev–Trinajstić information content (AvgIpc) is 2.62. The van der Waals surface area contributed by atoms with Gasteiger partial charge in [-0.15, -0.1) is 0 Å². The first-order valence-electron chi connectivity index (χ1n) is 7.11. The molecule has 0 heterocycles. The summed E-state index contributed by atoms with van der Waals surface area (Å²) >= 11 is 0. The molecule has 8 heteroatoms. The van der Waals surface area contributed by atoms with Gasteiger partial charge in [-0.3, -0.25) is 19.6 Å². The standard InChI is InChI=1S/C16H19N3O5/c1-10(9-20)3-4-11-5-7-12(8-6-11)14(21)18-13(15(22)17-2)16(23)19-24/h5-8,10,13,20,24H,9H2,1-2H3,(H,17,22)(H,18,21)(H,19,23). The predicted molar refractivity (Wildman–Crippen MR) is 84.8 cm³/mol. The number of hydrogen-bond acceptors (Lipinski definition) is 5. The second-order valence-electron chi connectivity index (χ2n) is 4.93. The quantitative estimate of drug-likeness (QED) is 0.205. The van der Waals surface area contributed by atoms with Crippen LogP contribution >= 0.6 is 0 Å². The SMILES string of the molecule is CNC(=O)C(NC(=O)c1ccc(C#CC(C)CO)cc1)C(=O)NO. The van der Waals surface area contributed by atoms with Crippen LogP contribution in [0.5, 0.6) is 0 Å². The van der Waals surface area contributed by atoms with Crippen LogP contribution in [0.1, 0.15) is 22.8 Å². The number of aliphatic hydroxyl groups excluding tert-OH is 1. The molecule has 3 amide bonds. The summed E-state index contributed by atoms with van der Waals surface area (Å²) in [5.41, 5.74) is 2.20. The molecule has 2 unspecified atom stereocenters. The van der Waals surface area contributed by atoms with E-state index < -0.39 is 23.8 Å². The molecule has 1 aromatic carbocycles. The molecule has 0 aliphatic heterocycles. The zero-order valence-corrected chi connectivity index (χ0v) is 13.3. The maximum Gasteiger partial charge on any atom is 0.275 e. The summed E-state index contributed by atoms with van der Waals surface area (Å²) < 4.78 is 0. The second kappa shape index (κ2) is 9.29. The van der Waals surface area contributed by atoms with Crippen LogP contribution in [0.3, 0.4) is 0 Å². The second-order valence-corrected chi connectivity index (χ2v) is 4.93. The molecule has 8 nitrogen and oxygen atoms in total. The van der Waals surface area contributed by atoms with E-state index in [9.17, 15) is 14.4 Å². The highest BCUT2D eigenvalue weighted by Crippen LogP contribution is 2.04. The number of carbonyl (C=O) groups excluding carboxylic acids is 3. The lowest BCUT2D eigenvalue weighted by Crippen LogP contribution is -2.54. The molecule has 5 N–H and O–H groups in total. The Kier molecular flexibility index (Phi) is 7.42. The van der Waals surface area contributed by atoms with Crippen molar-refractivity contribution in [2.45, 2.75) is 13.0 Å². The molecule has 1 aromatic rings. The van der Waals surface area contributed by atoms with Gasteiger partial charge in [-0.25, -0.2) is 5.48 Å². The van der Waals surface area contributed by atoms with Gasteiger partial charge in [-0.1, -0.05) is 11.8 Å². The Morgan fingerprint density at radius 3 is 2.29 bits per heavy atom. The normalized spacial score (nSPS) is 12.2. The molecule has 0 fully saturated rings. The molecule has 128 valence electrons. The minimum atomic E-state index is -1.56. The van der Waals surface area contributed by atoms with Crippen LogP contribution in [0.4, 0.5) is 0 Å². The summed E-state index contributed by atoms with van der Waals surface area (Å²) in [6, 6.07) is 4.62. The molecular formula is C16H19N3O5. The third-order valence-electron chi connectivity index (χ3n) is 3.04. The van der Waals surface area contributed by atoms with Crippen molar-refractivity contribution in [1.82, 2.24) is 16.1 Å². The third kappa shape index (κ3) is 5.39. The Morgan fingerprint density at radius 1 is 1.17 bits per heavy atom. The number of nitrogens with one attached hydrogen (secondary N) is 3. The summed E-state index contributed by atoms with van der Waals surface area (Å²) in [6.45, 7) is 1.74. The van der Waals surface area contributed by atoms with Crippen molar-refractivity contribution in [1.29, 1.82) is 0 Å². The highest BCUT2D eigenvalue weighted by atomic mass is 16.5. The van der Waals surface area contributed by atoms with E-state index in [1.807, 2.05) is 0 Å². The van der Waals surface area contributed by atoms with Crippen molar-refractivity contribution in [3.63, 3.8) is 0 Å². The van der Waals surface area contributed by atoms with E-state index in [-0.39, 0.29) is 18.1 Å². The Hall–Kier alpha value is -2.89. The largest absolute Gasteiger partial charge is 0.395 e. The molecule has 0 spiro atoms. The zero-order valence-electron chi connectivity index (χ0n) is 13.3. The van der Waals surface area contributed by atoms with Gasteiger partial charge >= 0.3 is 0 Å². The molecule has 0 aromatic heterocycles. The molecule has 0 saturated carbocycles. The van der Waals surface area contributed by atoms with Gasteiger partial charge in [0.05, 0.1) is 6.61 Å². The summed E-state index contributed by atoms with van der Waals surface area (Å²) in [5, 5.41) is 22.0. The van der Waals surface area contributed by atoms with Gasteiger partial charge in [-0.2, -0.15) is 0 Å². The maximum absolute atomic E-state index is 12.1. The number of rotatable bonds is 5. The van der Waals surface area contributed by atoms with E-state index in [4.69, 9.17) is 10.3 Å². The lowest BCUT2D eigenvalue weighted by Gasteiger charge is -2.15. The average molecular weight is 333 g/mol. The summed E-state index contributed by atoms with van der Waals surface area (Å²) in [4.78, 5) is 35.1. The fourth-order valence-electron chi connectivity index (χ4n) is 1.63. The lowest BCUT2D eigenvalue weighted by atomic mass is 10.1. The van der Waals surface area contributed by atoms with Crippen LogP contribution in [-0.4, -0.2) is 47.7 Å². The van der Waals surface area contributed by atoms with Gasteiger partial charge in [-0.05, 0) is 31.2 Å². The van der Waals surface area contributed by atoms with E-state index in [1.165, 1.54) is 24.7 Å². The van der Waals surface area contributed by atoms with E-state index in [1.54, 1.807) is 19.1 Å². The van der Waals surface area contributed by atoms with Gasteiger partial charge in [0.25, 0.3) is 17.7 Å². The molecule has 0 saturated heterocycles. The summed E-state index contributed by atoms with van der Waals surface area (Å²) in [7, 11) is 1.30. The highest BCUT2D eigenvalue weighted by Gasteiger charge is 2.27. The van der Waals surface area contributed by atoms with Crippen molar-refractivity contribution in [3.8, 4) is 11.8 Å². The molecular weight excluding hydrogens is 314 g/mol. The van der Waals surface area contributed by atoms with Crippen molar-refractivity contribution >= 4 is 17.7 Å². The Labute approximate surface area is 139 Å². The van der Waals surface area contributed by atoms with Gasteiger partial charge in [0.1, 0.15) is 0 Å². The number of benzene rings is 1. The Balaban J connectivity index is 2.85. The molecule has 24 heavy (non-hydrogen) atoms. The highest BCUT2D eigenvalue weighted by molar-refractivity contribution is 6.08. The van der Waals surface area contributed by atoms with Crippen LogP contribution in [-0.2, 0) is 9.59 Å². The van der Waals surface area contributed by atoms with Crippen LogP contribution < -0.4 is 16.1 Å². The minimum Gasteiger partial charge on any atom is -0.395 e. The van der Waals surface area contributed by atoms with Gasteiger partial charge in [0.2, 0.25) is 0 Å². The lowest BCUT2D eigenvalue weighted by molar-refractivity contribution is -0.137. The summed E-state index contributed by atoms with van der Waals surface area (Å²) in [5.74, 6) is 3.06. The summed E-state index contributed by atoms with van der Waals surface area (Å²) in [6.07, 6.45) is 0. The number of hydroxylamine groups is 1. The Bertz CT molecular complexity index is 645. The number of amides is 3. The van der Waals surface area contributed by atoms with Crippen LogP contribution in [0, 0.1) is 17.8 Å². The maximum atomic E-state index is 12.1. The topological polar surface area (TPSA) is 128 Å². The van der Waals surface area contributed by atoms with Gasteiger partial charge in [0, 0.05) is 24.1 Å². The minimum absolute atomic E-state index is 0.0404. The van der Waals surface area contributed by atoms with Gasteiger partial charge in [0.15, 0.2) is 6.04 Å². The third-order valence-corrected chi connectivity index (χ3v) is 3.04. The van der Waals surface area contributed by atoms with E-state index in [0.29, 0.717) is 5.56 Å². The van der Waals surface area contributed by atoms with Crippen LogP contribution in [0.15, 0.2) is 24.3 Å². The first kappa shape index (κ1) is 19.2. The van der Waals surface area contributed by atoms with Crippen molar-refractivity contribution in [2.75, 3.05) is 13.7 Å². The molecule has 0 radical (unpaired) electrons. The van der Waals surface area contributed by atoms with E-state index >= 15 is 0 Å². The molecule has 1 rings (SSSR count). The smallest absolute Gasteiger partial charge is 0.275 e. The number of likely N-dealkylation sites (N-methyl/N-ethyl adjacent to an activating group) is 1. The predicted octanol–water partition coefficient (Wildman–Crippen LogP) is -0.984. The molecule has 0 aliphatic rings. The Morgan fingerprint density at radius 2 is 1.79 bits per heavy atom. The van der Waals surface area contributed by atoms with E-state index in [0.717, 1.165) is 0 Å². The van der Waals surface area contributed by atoms with Crippen molar-refractivity contribution < 1.29 is 24.7 Å².